The summed E-state index contributed by atoms with van der Waals surface area (Å²) >= 11 is 1.73. The molecule has 108 valence electrons. The van der Waals surface area contributed by atoms with Gasteiger partial charge in [-0.3, -0.25) is 4.90 Å². The third kappa shape index (κ3) is 3.01. The zero-order chi connectivity index (χ0) is 13.9. The van der Waals surface area contributed by atoms with Crippen LogP contribution in [0, 0.1) is 6.92 Å². The van der Waals surface area contributed by atoms with Crippen LogP contribution in [0.3, 0.4) is 0 Å². The van der Waals surface area contributed by atoms with Crippen molar-refractivity contribution in [3.63, 3.8) is 0 Å². The molecule has 1 aromatic heterocycles. The fourth-order valence-electron chi connectivity index (χ4n) is 3.68. The van der Waals surface area contributed by atoms with E-state index < -0.39 is 0 Å². The molecule has 1 unspecified atom stereocenters. The van der Waals surface area contributed by atoms with Crippen LogP contribution in [-0.4, -0.2) is 34.6 Å². The molecular formula is C15H27N3S. The summed E-state index contributed by atoms with van der Waals surface area (Å²) in [6.45, 7) is 8.77. The van der Waals surface area contributed by atoms with Gasteiger partial charge in [0, 0.05) is 23.4 Å². The Kier molecular flexibility index (Phi) is 4.98. The van der Waals surface area contributed by atoms with Crippen molar-refractivity contribution in [3.8, 4) is 0 Å². The van der Waals surface area contributed by atoms with Crippen molar-refractivity contribution in [2.45, 2.75) is 64.5 Å². The van der Waals surface area contributed by atoms with Gasteiger partial charge >= 0.3 is 0 Å². The summed E-state index contributed by atoms with van der Waals surface area (Å²) in [7, 11) is 0. The van der Waals surface area contributed by atoms with Gasteiger partial charge in [-0.15, -0.1) is 11.3 Å². The van der Waals surface area contributed by atoms with E-state index in [1.807, 2.05) is 0 Å². The van der Waals surface area contributed by atoms with Crippen LogP contribution in [0.4, 0.5) is 0 Å². The molecule has 1 aromatic rings. The van der Waals surface area contributed by atoms with Gasteiger partial charge in [-0.2, -0.15) is 0 Å². The van der Waals surface area contributed by atoms with Gasteiger partial charge in [-0.1, -0.05) is 26.7 Å². The van der Waals surface area contributed by atoms with E-state index in [0.29, 0.717) is 0 Å². The zero-order valence-corrected chi connectivity index (χ0v) is 13.3. The molecule has 1 aliphatic rings. The molecule has 1 atom stereocenters. The highest BCUT2D eigenvalue weighted by molar-refractivity contribution is 7.09. The fraction of sp³-hybridized carbons (Fsp3) is 0.800. The van der Waals surface area contributed by atoms with Crippen LogP contribution >= 0.6 is 11.3 Å². The van der Waals surface area contributed by atoms with E-state index in [4.69, 9.17) is 5.73 Å². The molecule has 1 fully saturated rings. The van der Waals surface area contributed by atoms with E-state index in [2.05, 4.69) is 36.0 Å². The van der Waals surface area contributed by atoms with Gasteiger partial charge in [0.25, 0.3) is 0 Å². The lowest BCUT2D eigenvalue weighted by molar-refractivity contribution is 0.0769. The van der Waals surface area contributed by atoms with Crippen LogP contribution < -0.4 is 5.73 Å². The minimum Gasteiger partial charge on any atom is -0.326 e. The Morgan fingerprint density at radius 1 is 1.37 bits per heavy atom. The van der Waals surface area contributed by atoms with Gasteiger partial charge < -0.3 is 5.73 Å². The monoisotopic (exact) mass is 281 g/mol. The number of nitrogens with zero attached hydrogens (tertiary/aromatic N) is 2. The van der Waals surface area contributed by atoms with Crippen LogP contribution in [0.1, 0.15) is 50.2 Å². The number of hydrogen-bond donors (Lipinski definition) is 1. The molecule has 1 aliphatic carbocycles. The van der Waals surface area contributed by atoms with Crippen LogP contribution in [0.15, 0.2) is 5.38 Å². The number of likely N-dealkylation sites (N-methyl/N-ethyl adjacent to an activating group) is 1. The van der Waals surface area contributed by atoms with Crippen LogP contribution in [0.5, 0.6) is 0 Å². The second-order valence-electron chi connectivity index (χ2n) is 5.65. The number of rotatable bonds is 6. The number of nitrogens with two attached hydrogens (primary N) is 1. The van der Waals surface area contributed by atoms with E-state index in [1.54, 1.807) is 11.3 Å². The van der Waals surface area contributed by atoms with E-state index in [-0.39, 0.29) is 11.6 Å². The van der Waals surface area contributed by atoms with E-state index in [0.717, 1.165) is 24.5 Å². The normalized spacial score (nSPS) is 20.1. The minimum atomic E-state index is 0.205. The first-order valence-corrected chi connectivity index (χ1v) is 8.42. The molecule has 0 saturated heterocycles. The van der Waals surface area contributed by atoms with Crippen molar-refractivity contribution in [1.82, 2.24) is 9.88 Å². The molecule has 0 radical (unpaired) electrons. The molecule has 0 aromatic carbocycles. The quantitative estimate of drug-likeness (QED) is 0.871. The first kappa shape index (κ1) is 14.9. The molecule has 19 heavy (non-hydrogen) atoms. The number of thiazole rings is 1. The highest BCUT2D eigenvalue weighted by atomic mass is 32.1. The van der Waals surface area contributed by atoms with Gasteiger partial charge in [0.15, 0.2) is 0 Å². The van der Waals surface area contributed by atoms with E-state index >= 15 is 0 Å². The van der Waals surface area contributed by atoms with Crippen molar-refractivity contribution in [2.24, 2.45) is 5.73 Å². The summed E-state index contributed by atoms with van der Waals surface area (Å²) in [4.78, 5) is 7.17. The summed E-state index contributed by atoms with van der Waals surface area (Å²) < 4.78 is 0. The largest absolute Gasteiger partial charge is 0.326 e. The van der Waals surface area contributed by atoms with Crippen molar-refractivity contribution in [2.75, 3.05) is 13.1 Å². The molecule has 4 heteroatoms. The van der Waals surface area contributed by atoms with E-state index in [9.17, 15) is 0 Å². The molecule has 0 bridgehead atoms. The highest BCUT2D eigenvalue weighted by Crippen LogP contribution is 2.38. The Bertz CT molecular complexity index is 392. The fourth-order valence-corrected chi connectivity index (χ4v) is 4.30. The predicted octanol–water partition coefficient (Wildman–Crippen LogP) is 2.98. The Balaban J connectivity index is 2.14. The molecule has 0 spiro atoms. The maximum atomic E-state index is 6.63. The predicted molar refractivity (Wildman–Crippen MR) is 82.7 cm³/mol. The maximum absolute atomic E-state index is 6.63. The van der Waals surface area contributed by atoms with Crippen LogP contribution in [-0.2, 0) is 6.42 Å². The summed E-state index contributed by atoms with van der Waals surface area (Å²) in [5, 5.41) is 3.31. The molecular weight excluding hydrogens is 254 g/mol. The van der Waals surface area contributed by atoms with Crippen LogP contribution in [0.2, 0.25) is 0 Å². The number of hydrogen-bond acceptors (Lipinski definition) is 4. The van der Waals surface area contributed by atoms with E-state index in [1.165, 1.54) is 31.4 Å². The van der Waals surface area contributed by atoms with Gasteiger partial charge in [0.05, 0.1) is 10.7 Å². The standard InChI is InChI=1S/C15H27N3S/c1-4-18(5-2)15(8-6-7-9-15)14(16)10-13-11-19-12(3)17-13/h11,14H,4-10,16H2,1-3H3. The Labute approximate surface area is 121 Å². The molecule has 3 nitrogen and oxygen atoms in total. The molecule has 2 N–H and O–H groups in total. The SMILES string of the molecule is CCN(CC)C1(C(N)Cc2csc(C)n2)CCCC1. The third-order valence-electron chi connectivity index (χ3n) is 4.65. The summed E-state index contributed by atoms with van der Waals surface area (Å²) in [6.07, 6.45) is 6.05. The lowest BCUT2D eigenvalue weighted by atomic mass is 9.84. The number of aryl methyl sites for hydroxylation is 1. The smallest absolute Gasteiger partial charge is 0.0897 e. The van der Waals surface area contributed by atoms with Gasteiger partial charge in [0.2, 0.25) is 0 Å². The summed E-state index contributed by atoms with van der Waals surface area (Å²) in [5.74, 6) is 0. The average molecular weight is 281 g/mol. The number of aromatic nitrogens is 1. The first-order valence-electron chi connectivity index (χ1n) is 7.54. The third-order valence-corrected chi connectivity index (χ3v) is 5.47. The second-order valence-corrected chi connectivity index (χ2v) is 6.71. The maximum Gasteiger partial charge on any atom is 0.0897 e. The molecule has 2 rings (SSSR count). The molecule has 0 amide bonds. The van der Waals surface area contributed by atoms with Gasteiger partial charge in [-0.05, 0) is 32.9 Å². The second kappa shape index (κ2) is 6.33. The minimum absolute atomic E-state index is 0.205. The van der Waals surface area contributed by atoms with Crippen molar-refractivity contribution < 1.29 is 0 Å². The molecule has 1 heterocycles. The Morgan fingerprint density at radius 2 is 2.00 bits per heavy atom. The summed E-state index contributed by atoms with van der Waals surface area (Å²) in [6, 6.07) is 0.205. The molecule has 0 aliphatic heterocycles. The lowest BCUT2D eigenvalue weighted by Crippen LogP contribution is -2.59. The van der Waals surface area contributed by atoms with Gasteiger partial charge in [-0.25, -0.2) is 4.98 Å². The lowest BCUT2D eigenvalue weighted by Gasteiger charge is -2.44. The first-order chi connectivity index (χ1) is 9.12. The Morgan fingerprint density at radius 3 is 2.47 bits per heavy atom. The van der Waals surface area contributed by atoms with Crippen molar-refractivity contribution >= 4 is 11.3 Å². The van der Waals surface area contributed by atoms with Crippen LogP contribution in [0.25, 0.3) is 0 Å². The Hall–Kier alpha value is -0.450. The average Bonchev–Trinajstić information content (AvgIpc) is 3.01. The molecule has 1 saturated carbocycles. The highest BCUT2D eigenvalue weighted by Gasteiger charge is 2.43. The van der Waals surface area contributed by atoms with Crippen molar-refractivity contribution in [1.29, 1.82) is 0 Å². The van der Waals surface area contributed by atoms with Gasteiger partial charge in [0.1, 0.15) is 0 Å². The topological polar surface area (TPSA) is 42.1 Å². The zero-order valence-electron chi connectivity index (χ0n) is 12.5. The summed E-state index contributed by atoms with van der Waals surface area (Å²) in [5.41, 5.74) is 8.01. The van der Waals surface area contributed by atoms with Crippen molar-refractivity contribution in [3.05, 3.63) is 16.1 Å².